The number of hydrogen-bond acceptors (Lipinski definition) is 3. The molecule has 0 radical (unpaired) electrons. The zero-order chi connectivity index (χ0) is 45.6. The molecule has 0 N–H and O–H groups in total. The van der Waals surface area contributed by atoms with Gasteiger partial charge in [0, 0.05) is 56.4 Å². The van der Waals surface area contributed by atoms with Crippen LogP contribution in [0.25, 0.3) is 21.9 Å². The van der Waals surface area contributed by atoms with Crippen LogP contribution in [-0.4, -0.2) is 6.71 Å². The molecule has 0 fully saturated rings. The number of nitrogens with zero attached hydrogens (tertiary/aromatic N) is 2. The van der Waals surface area contributed by atoms with Crippen LogP contribution in [0.5, 0.6) is 0 Å². The van der Waals surface area contributed by atoms with Crippen LogP contribution in [0.4, 0.5) is 34.1 Å². The van der Waals surface area contributed by atoms with Gasteiger partial charge in [0.2, 0.25) is 6.71 Å². The number of hydrogen-bond donors (Lipinski definition) is 0. The van der Waals surface area contributed by atoms with E-state index in [-0.39, 0.29) is 33.8 Å². The number of rotatable bonds is 4. The van der Waals surface area contributed by atoms with Gasteiger partial charge in [-0.1, -0.05) is 149 Å². The van der Waals surface area contributed by atoms with Gasteiger partial charge < -0.3 is 14.2 Å². The average molecular weight is 851 g/mol. The molecule has 326 valence electrons. The van der Waals surface area contributed by atoms with Crippen LogP contribution in [0.3, 0.4) is 0 Å². The molecular weight excluding hydrogens is 787 g/mol. The van der Waals surface area contributed by atoms with Crippen molar-refractivity contribution in [2.24, 2.45) is 0 Å². The summed E-state index contributed by atoms with van der Waals surface area (Å²) in [5, 5.41) is 2.32. The summed E-state index contributed by atoms with van der Waals surface area (Å²) in [5.41, 5.74) is 21.4. The van der Waals surface area contributed by atoms with Crippen molar-refractivity contribution < 1.29 is 4.42 Å². The number of benzene rings is 7. The summed E-state index contributed by atoms with van der Waals surface area (Å²) in [4.78, 5) is 4.95. The minimum Gasteiger partial charge on any atom is -0.456 e. The molecule has 0 amide bonds. The fraction of sp³-hybridized carbons (Fsp3) is 0.311. The fourth-order valence-corrected chi connectivity index (χ4v) is 11.6. The Bertz CT molecular complexity index is 3150. The average Bonchev–Trinajstić information content (AvgIpc) is 3.62. The van der Waals surface area contributed by atoms with E-state index < -0.39 is 0 Å². The van der Waals surface area contributed by atoms with Crippen molar-refractivity contribution in [2.75, 3.05) is 9.80 Å². The highest BCUT2D eigenvalue weighted by Gasteiger charge is 2.49. The van der Waals surface area contributed by atoms with Crippen LogP contribution < -0.4 is 26.2 Å². The molecule has 0 saturated carbocycles. The summed E-state index contributed by atoms with van der Waals surface area (Å²) in [5.74, 6) is 0. The van der Waals surface area contributed by atoms with Gasteiger partial charge in [-0.25, -0.2) is 0 Å². The molecular formula is C61H63BN2O. The molecule has 0 atom stereocenters. The lowest BCUT2D eigenvalue weighted by molar-refractivity contribution is 0.332. The maximum absolute atomic E-state index is 7.07. The zero-order valence-electron chi connectivity index (χ0n) is 40.6. The third-order valence-corrected chi connectivity index (χ3v) is 15.7. The van der Waals surface area contributed by atoms with E-state index in [0.29, 0.717) is 0 Å². The lowest BCUT2D eigenvalue weighted by Gasteiger charge is -2.48. The quantitative estimate of drug-likeness (QED) is 0.165. The Morgan fingerprint density at radius 2 is 1.08 bits per heavy atom. The van der Waals surface area contributed by atoms with Crippen LogP contribution in [0, 0.1) is 0 Å². The lowest BCUT2D eigenvalue weighted by Crippen LogP contribution is -2.64. The Morgan fingerprint density at radius 1 is 0.492 bits per heavy atom. The molecule has 1 aliphatic carbocycles. The second kappa shape index (κ2) is 14.0. The highest BCUT2D eigenvalue weighted by molar-refractivity contribution is 6.99. The molecule has 1 aromatic heterocycles. The van der Waals surface area contributed by atoms with E-state index in [1.54, 1.807) is 0 Å². The van der Waals surface area contributed by atoms with Gasteiger partial charge in [-0.05, 0) is 152 Å². The maximum atomic E-state index is 7.07. The Hall–Kier alpha value is -6.00. The number of anilines is 6. The molecule has 3 aliphatic rings. The first-order valence-electron chi connectivity index (χ1n) is 23.9. The molecule has 7 aromatic carbocycles. The topological polar surface area (TPSA) is 19.6 Å². The first-order chi connectivity index (χ1) is 30.7. The standard InChI is InChI=1S/C61H63BN2O/c1-57(2,3)38-23-25-42(26-24-38)64-52-36-47-46(59(7,8)29-30-60(47,9)10)35-51(52)62-50-37-55-45(34-48(50)61(11,12)49-31-39(58(4,5)6)32-53(64)56(49)62)44-28-27-43(33-54(44)65-55)63(40-19-15-13-16-20-40)41-21-17-14-18-22-41/h13-28,31-37H,29-30H2,1-12H3. The maximum Gasteiger partial charge on any atom is 0.247 e. The molecule has 2 aliphatic heterocycles. The Labute approximate surface area is 387 Å². The molecule has 0 spiro atoms. The van der Waals surface area contributed by atoms with Crippen LogP contribution in [-0.2, 0) is 27.1 Å². The van der Waals surface area contributed by atoms with Gasteiger partial charge in [-0.2, -0.15) is 0 Å². The normalized spacial score (nSPS) is 16.8. The van der Waals surface area contributed by atoms with Crippen molar-refractivity contribution in [3.8, 4) is 0 Å². The van der Waals surface area contributed by atoms with E-state index in [2.05, 4.69) is 232 Å². The van der Waals surface area contributed by atoms with E-state index in [9.17, 15) is 0 Å². The summed E-state index contributed by atoms with van der Waals surface area (Å²) in [6.45, 7) is 28.9. The van der Waals surface area contributed by atoms with Crippen molar-refractivity contribution in [3.05, 3.63) is 173 Å². The minimum atomic E-state index is -0.291. The van der Waals surface area contributed by atoms with Crippen molar-refractivity contribution in [3.63, 3.8) is 0 Å². The molecule has 11 rings (SSSR count). The smallest absolute Gasteiger partial charge is 0.247 e. The van der Waals surface area contributed by atoms with Gasteiger partial charge >= 0.3 is 0 Å². The van der Waals surface area contributed by atoms with Gasteiger partial charge in [-0.3, -0.25) is 0 Å². The first-order valence-corrected chi connectivity index (χ1v) is 23.9. The predicted molar refractivity (Wildman–Crippen MR) is 279 cm³/mol. The van der Waals surface area contributed by atoms with Gasteiger partial charge in [0.25, 0.3) is 0 Å². The summed E-state index contributed by atoms with van der Waals surface area (Å²) in [6, 6.07) is 52.8. The molecule has 4 heteroatoms. The van der Waals surface area contributed by atoms with Crippen molar-refractivity contribution >= 4 is 79.2 Å². The summed E-state index contributed by atoms with van der Waals surface area (Å²) in [7, 11) is 0. The van der Waals surface area contributed by atoms with E-state index in [1.807, 2.05) is 0 Å². The molecule has 8 aromatic rings. The van der Waals surface area contributed by atoms with Crippen LogP contribution in [0.1, 0.15) is 129 Å². The van der Waals surface area contributed by atoms with Gasteiger partial charge in [-0.15, -0.1) is 0 Å². The SMILES string of the molecule is CC(C)(C)c1ccc(N2c3cc4c(cc3B3c5cc6oc7cc(N(c8ccccc8)c8ccccc8)ccc7c6cc5C(C)(C)c5cc(C(C)(C)C)cc2c53)C(C)(C)CCC4(C)C)cc1. The fourth-order valence-electron chi connectivity index (χ4n) is 11.6. The van der Waals surface area contributed by atoms with E-state index in [1.165, 1.54) is 85.1 Å². The van der Waals surface area contributed by atoms with Crippen molar-refractivity contribution in [2.45, 2.75) is 123 Å². The van der Waals surface area contributed by atoms with Crippen molar-refractivity contribution in [1.29, 1.82) is 0 Å². The van der Waals surface area contributed by atoms with E-state index in [4.69, 9.17) is 4.42 Å². The number of fused-ring (bicyclic) bond motifs is 8. The van der Waals surface area contributed by atoms with Gasteiger partial charge in [0.1, 0.15) is 11.2 Å². The molecule has 3 nitrogen and oxygen atoms in total. The molecule has 0 unspecified atom stereocenters. The van der Waals surface area contributed by atoms with Crippen molar-refractivity contribution in [1.82, 2.24) is 0 Å². The summed E-state index contributed by atoms with van der Waals surface area (Å²) >= 11 is 0. The highest BCUT2D eigenvalue weighted by atomic mass is 16.3. The monoisotopic (exact) mass is 851 g/mol. The van der Waals surface area contributed by atoms with E-state index in [0.717, 1.165) is 33.6 Å². The Balaban J connectivity index is 1.19. The van der Waals surface area contributed by atoms with Gasteiger partial charge in [0.05, 0.1) is 0 Å². The summed E-state index contributed by atoms with van der Waals surface area (Å²) < 4.78 is 7.07. The second-order valence-electron chi connectivity index (χ2n) is 23.3. The van der Waals surface area contributed by atoms with Gasteiger partial charge in [0.15, 0.2) is 0 Å². The molecule has 0 saturated heterocycles. The molecule has 0 bridgehead atoms. The third-order valence-electron chi connectivity index (χ3n) is 15.7. The Kier molecular flexibility index (Phi) is 8.98. The molecule has 3 heterocycles. The molecule has 65 heavy (non-hydrogen) atoms. The lowest BCUT2D eigenvalue weighted by atomic mass is 9.29. The van der Waals surface area contributed by atoms with Crippen LogP contribution in [0.2, 0.25) is 0 Å². The number of furan rings is 1. The Morgan fingerprint density at radius 3 is 1.68 bits per heavy atom. The van der Waals surface area contributed by atoms with Crippen LogP contribution in [0.15, 0.2) is 144 Å². The highest BCUT2D eigenvalue weighted by Crippen LogP contribution is 2.51. The second-order valence-corrected chi connectivity index (χ2v) is 23.3. The first kappa shape index (κ1) is 41.7. The third kappa shape index (κ3) is 6.45. The predicted octanol–water partition coefficient (Wildman–Crippen LogP) is 14.9. The summed E-state index contributed by atoms with van der Waals surface area (Å²) in [6.07, 6.45) is 2.34. The van der Waals surface area contributed by atoms with Crippen LogP contribution >= 0.6 is 0 Å². The zero-order valence-corrected chi connectivity index (χ0v) is 40.6. The largest absolute Gasteiger partial charge is 0.456 e. The van der Waals surface area contributed by atoms with E-state index >= 15 is 0 Å². The minimum absolute atomic E-state index is 0.0307. The number of para-hydroxylation sites is 2.